The van der Waals surface area contributed by atoms with Crippen LogP contribution in [0.5, 0.6) is 0 Å². The number of aromatic nitrogens is 2. The molecule has 1 aliphatic heterocycles. The lowest BCUT2D eigenvalue weighted by Crippen LogP contribution is -2.39. The van der Waals surface area contributed by atoms with Crippen LogP contribution < -0.4 is 4.90 Å². The number of carbonyl (C=O) groups is 2. The van der Waals surface area contributed by atoms with Crippen LogP contribution in [0.15, 0.2) is 30.6 Å². The second-order valence-corrected chi connectivity index (χ2v) is 8.47. The predicted molar refractivity (Wildman–Crippen MR) is 101 cm³/mol. The number of esters is 1. The molecule has 144 valence electrons. The number of ether oxygens (including phenoxy) is 2. The molecule has 27 heavy (non-hydrogen) atoms. The molecule has 0 saturated carbocycles. The first-order chi connectivity index (χ1) is 12.5. The van der Waals surface area contributed by atoms with E-state index in [1.54, 1.807) is 27.1 Å². The van der Waals surface area contributed by atoms with Gasteiger partial charge in [-0.1, -0.05) is 12.1 Å². The highest BCUT2D eigenvalue weighted by molar-refractivity contribution is 5.94. The average molecular weight is 371 g/mol. The van der Waals surface area contributed by atoms with Gasteiger partial charge in [-0.25, -0.2) is 14.6 Å². The van der Waals surface area contributed by atoms with E-state index >= 15 is 0 Å². The van der Waals surface area contributed by atoms with Gasteiger partial charge in [-0.15, -0.1) is 0 Å². The molecule has 0 radical (unpaired) electrons. The van der Waals surface area contributed by atoms with Gasteiger partial charge in [0.2, 0.25) is 0 Å². The maximum absolute atomic E-state index is 12.8. The van der Waals surface area contributed by atoms with Gasteiger partial charge in [-0.3, -0.25) is 9.47 Å². The summed E-state index contributed by atoms with van der Waals surface area (Å²) in [6, 6.07) is 7.44. The van der Waals surface area contributed by atoms with Crippen LogP contribution in [0.1, 0.15) is 57.7 Å². The van der Waals surface area contributed by atoms with E-state index in [1.807, 2.05) is 49.6 Å². The number of benzene rings is 1. The van der Waals surface area contributed by atoms with Crippen molar-refractivity contribution in [3.63, 3.8) is 0 Å². The van der Waals surface area contributed by atoms with Crippen LogP contribution in [-0.4, -0.2) is 32.8 Å². The second-order valence-electron chi connectivity index (χ2n) is 8.47. The number of nitrogens with zero attached hydrogens (tertiary/aromatic N) is 3. The molecule has 7 heteroatoms. The number of amides is 1. The first-order valence-corrected chi connectivity index (χ1v) is 8.86. The Morgan fingerprint density at radius 3 is 2.15 bits per heavy atom. The maximum atomic E-state index is 12.8. The molecule has 1 aromatic carbocycles. The zero-order valence-electron chi connectivity index (χ0n) is 16.6. The second kappa shape index (κ2) is 6.40. The Kier molecular flexibility index (Phi) is 4.49. The van der Waals surface area contributed by atoms with Gasteiger partial charge < -0.3 is 9.47 Å². The standard InChI is InChI=1S/C20H25N3O4/c1-19(2,3)26-17(24)16-15-11-22(18(25)27-20(4,5)6)13-9-7-8-10-14(13)23(15)12-21-16/h7-10,12H,11H2,1-6H3. The van der Waals surface area contributed by atoms with E-state index in [0.29, 0.717) is 11.4 Å². The summed E-state index contributed by atoms with van der Waals surface area (Å²) >= 11 is 0. The lowest BCUT2D eigenvalue weighted by Gasteiger charge is -2.32. The number of fused-ring (bicyclic) bond motifs is 3. The fourth-order valence-corrected chi connectivity index (χ4v) is 2.84. The predicted octanol–water partition coefficient (Wildman–Crippen LogP) is 4.08. The van der Waals surface area contributed by atoms with Crippen molar-refractivity contribution in [2.45, 2.75) is 59.3 Å². The third kappa shape index (κ3) is 3.97. The topological polar surface area (TPSA) is 73.7 Å². The van der Waals surface area contributed by atoms with Crippen molar-refractivity contribution in [2.24, 2.45) is 0 Å². The molecule has 0 atom stereocenters. The third-order valence-electron chi connectivity index (χ3n) is 3.81. The van der Waals surface area contributed by atoms with Gasteiger partial charge in [0.1, 0.15) is 17.5 Å². The summed E-state index contributed by atoms with van der Waals surface area (Å²) in [6.07, 6.45) is 1.11. The number of carbonyl (C=O) groups excluding carboxylic acids is 2. The van der Waals surface area contributed by atoms with Gasteiger partial charge in [-0.2, -0.15) is 0 Å². The summed E-state index contributed by atoms with van der Waals surface area (Å²) in [7, 11) is 0. The Labute approximate surface area is 158 Å². The molecular weight excluding hydrogens is 346 g/mol. The number of rotatable bonds is 1. The van der Waals surface area contributed by atoms with Crippen molar-refractivity contribution in [3.05, 3.63) is 42.0 Å². The smallest absolute Gasteiger partial charge is 0.415 e. The highest BCUT2D eigenvalue weighted by atomic mass is 16.6. The molecule has 3 rings (SSSR count). The van der Waals surface area contributed by atoms with Crippen LogP contribution >= 0.6 is 0 Å². The Morgan fingerprint density at radius 2 is 1.56 bits per heavy atom. The van der Waals surface area contributed by atoms with Crippen molar-refractivity contribution in [3.8, 4) is 5.69 Å². The van der Waals surface area contributed by atoms with E-state index in [9.17, 15) is 9.59 Å². The lowest BCUT2D eigenvalue weighted by molar-refractivity contribution is 0.00612. The quantitative estimate of drug-likeness (QED) is 0.706. The van der Waals surface area contributed by atoms with Gasteiger partial charge in [0.05, 0.1) is 23.6 Å². The highest BCUT2D eigenvalue weighted by Crippen LogP contribution is 2.34. The van der Waals surface area contributed by atoms with Crippen LogP contribution in [-0.2, 0) is 16.0 Å². The molecule has 1 aromatic heterocycles. The Balaban J connectivity index is 2.03. The molecule has 0 fully saturated rings. The van der Waals surface area contributed by atoms with Crippen LogP contribution in [0.25, 0.3) is 5.69 Å². The van der Waals surface area contributed by atoms with Gasteiger partial charge >= 0.3 is 12.1 Å². The Hall–Kier alpha value is -2.83. The van der Waals surface area contributed by atoms with Crippen LogP contribution in [0.2, 0.25) is 0 Å². The maximum Gasteiger partial charge on any atom is 0.415 e. The summed E-state index contributed by atoms with van der Waals surface area (Å²) in [5.74, 6) is -0.514. The van der Waals surface area contributed by atoms with Gasteiger partial charge in [0.25, 0.3) is 0 Å². The number of para-hydroxylation sites is 2. The molecule has 0 saturated heterocycles. The first kappa shape index (κ1) is 18.9. The normalized spacial score (nSPS) is 13.6. The monoisotopic (exact) mass is 371 g/mol. The number of anilines is 1. The van der Waals surface area contributed by atoms with E-state index in [4.69, 9.17) is 9.47 Å². The molecule has 0 N–H and O–H groups in total. The zero-order valence-corrected chi connectivity index (χ0v) is 16.6. The molecule has 0 bridgehead atoms. The summed E-state index contributed by atoms with van der Waals surface area (Å²) in [5, 5.41) is 0. The van der Waals surface area contributed by atoms with E-state index in [2.05, 4.69) is 4.98 Å². The molecule has 2 heterocycles. The van der Waals surface area contributed by atoms with Crippen LogP contribution in [0.3, 0.4) is 0 Å². The summed E-state index contributed by atoms with van der Waals surface area (Å²) in [5.41, 5.74) is 0.990. The summed E-state index contributed by atoms with van der Waals surface area (Å²) < 4.78 is 12.8. The number of hydrogen-bond donors (Lipinski definition) is 0. The molecule has 0 aliphatic carbocycles. The number of imidazole rings is 1. The Bertz CT molecular complexity index is 887. The van der Waals surface area contributed by atoms with Crippen molar-refractivity contribution < 1.29 is 19.1 Å². The van der Waals surface area contributed by atoms with Gasteiger partial charge in [0, 0.05) is 0 Å². The summed E-state index contributed by atoms with van der Waals surface area (Å²) in [4.78, 5) is 31.1. The molecule has 0 unspecified atom stereocenters. The molecule has 7 nitrogen and oxygen atoms in total. The van der Waals surface area contributed by atoms with Crippen molar-refractivity contribution in [1.82, 2.24) is 9.55 Å². The van der Waals surface area contributed by atoms with Crippen molar-refractivity contribution in [2.75, 3.05) is 4.90 Å². The van der Waals surface area contributed by atoms with E-state index in [0.717, 1.165) is 5.69 Å². The average Bonchev–Trinajstić information content (AvgIpc) is 2.95. The summed E-state index contributed by atoms with van der Waals surface area (Å²) in [6.45, 7) is 11.0. The molecule has 1 amide bonds. The first-order valence-electron chi connectivity index (χ1n) is 8.86. The third-order valence-corrected chi connectivity index (χ3v) is 3.81. The minimum absolute atomic E-state index is 0.167. The van der Waals surface area contributed by atoms with Crippen LogP contribution in [0.4, 0.5) is 10.5 Å². The SMILES string of the molecule is CC(C)(C)OC(=O)c1ncn2c1CN(C(=O)OC(C)(C)C)c1ccccc1-2. The minimum atomic E-state index is -0.634. The van der Waals surface area contributed by atoms with E-state index in [1.165, 1.54) is 4.90 Å². The minimum Gasteiger partial charge on any atom is -0.455 e. The van der Waals surface area contributed by atoms with E-state index < -0.39 is 23.3 Å². The molecule has 1 aliphatic rings. The Morgan fingerprint density at radius 1 is 0.963 bits per heavy atom. The zero-order chi connectivity index (χ0) is 20.0. The molecule has 2 aromatic rings. The van der Waals surface area contributed by atoms with Crippen molar-refractivity contribution in [1.29, 1.82) is 0 Å². The van der Waals surface area contributed by atoms with E-state index in [-0.39, 0.29) is 12.2 Å². The number of hydrogen-bond acceptors (Lipinski definition) is 5. The van der Waals surface area contributed by atoms with Crippen LogP contribution in [0, 0.1) is 0 Å². The lowest BCUT2D eigenvalue weighted by atomic mass is 10.1. The highest BCUT2D eigenvalue weighted by Gasteiger charge is 2.34. The largest absolute Gasteiger partial charge is 0.455 e. The van der Waals surface area contributed by atoms with Crippen molar-refractivity contribution >= 4 is 17.7 Å². The fourth-order valence-electron chi connectivity index (χ4n) is 2.84. The van der Waals surface area contributed by atoms with Gasteiger partial charge in [0.15, 0.2) is 5.69 Å². The van der Waals surface area contributed by atoms with Gasteiger partial charge in [-0.05, 0) is 53.7 Å². The molecule has 0 spiro atoms. The molecular formula is C20H25N3O4. The fraction of sp³-hybridized carbons (Fsp3) is 0.450.